The molecule has 2 nitrogen and oxygen atoms in total. The van der Waals surface area contributed by atoms with Crippen molar-refractivity contribution in [2.75, 3.05) is 13.1 Å². The van der Waals surface area contributed by atoms with Gasteiger partial charge in [-0.3, -0.25) is 9.69 Å². The Hall–Kier alpha value is -0.370. The monoisotopic (exact) mass is 197 g/mol. The van der Waals surface area contributed by atoms with Gasteiger partial charge in [-0.25, -0.2) is 0 Å². The number of hydrogen-bond donors (Lipinski definition) is 0. The second kappa shape index (κ2) is 5.50. The molecule has 0 radical (unpaired) electrons. The number of rotatable bonds is 4. The van der Waals surface area contributed by atoms with Gasteiger partial charge in [0.25, 0.3) is 0 Å². The maximum Gasteiger partial charge on any atom is 0.146 e. The minimum atomic E-state index is 0.137. The van der Waals surface area contributed by atoms with Crippen molar-refractivity contribution in [3.05, 3.63) is 0 Å². The lowest BCUT2D eigenvalue weighted by Crippen LogP contribution is -2.43. The maximum atomic E-state index is 11.2. The lowest BCUT2D eigenvalue weighted by Gasteiger charge is -2.34. The van der Waals surface area contributed by atoms with Gasteiger partial charge in [0.1, 0.15) is 5.78 Å². The molecule has 0 N–H and O–H groups in total. The first kappa shape index (κ1) is 11.7. The molecule has 0 aromatic rings. The molecule has 1 heterocycles. The fraction of sp³-hybridized carbons (Fsp3) is 0.917. The highest BCUT2D eigenvalue weighted by Crippen LogP contribution is 2.22. The van der Waals surface area contributed by atoms with Gasteiger partial charge in [-0.15, -0.1) is 0 Å². The third-order valence-corrected chi connectivity index (χ3v) is 3.48. The molecular formula is C12H23NO. The Morgan fingerprint density at radius 2 is 2.00 bits per heavy atom. The van der Waals surface area contributed by atoms with E-state index in [1.54, 1.807) is 6.92 Å². The van der Waals surface area contributed by atoms with Gasteiger partial charge in [-0.05, 0) is 45.7 Å². The van der Waals surface area contributed by atoms with Crippen LogP contribution in [0.25, 0.3) is 0 Å². The van der Waals surface area contributed by atoms with Crippen molar-refractivity contribution in [3.8, 4) is 0 Å². The average molecular weight is 197 g/mol. The summed E-state index contributed by atoms with van der Waals surface area (Å²) < 4.78 is 0. The van der Waals surface area contributed by atoms with Crippen LogP contribution >= 0.6 is 0 Å². The topological polar surface area (TPSA) is 20.3 Å². The Labute approximate surface area is 87.7 Å². The van der Waals surface area contributed by atoms with E-state index in [0.717, 1.165) is 19.0 Å². The molecule has 1 aliphatic rings. The van der Waals surface area contributed by atoms with Crippen molar-refractivity contribution >= 4 is 5.78 Å². The molecular weight excluding hydrogens is 174 g/mol. The van der Waals surface area contributed by atoms with Crippen molar-refractivity contribution < 1.29 is 4.79 Å². The highest BCUT2D eigenvalue weighted by atomic mass is 16.1. The number of nitrogens with zero attached hydrogens (tertiary/aromatic N) is 1. The molecule has 14 heavy (non-hydrogen) atoms. The van der Waals surface area contributed by atoms with Gasteiger partial charge in [-0.2, -0.15) is 0 Å². The first-order valence-corrected chi connectivity index (χ1v) is 5.89. The molecule has 0 aromatic carbocycles. The second-order valence-corrected chi connectivity index (χ2v) is 4.55. The van der Waals surface area contributed by atoms with Crippen LogP contribution in [-0.2, 0) is 4.79 Å². The van der Waals surface area contributed by atoms with Crippen LogP contribution in [0.1, 0.15) is 46.5 Å². The normalized spacial score (nSPS) is 22.2. The van der Waals surface area contributed by atoms with Gasteiger partial charge < -0.3 is 0 Å². The molecule has 0 spiro atoms. The van der Waals surface area contributed by atoms with E-state index in [2.05, 4.69) is 11.8 Å². The lowest BCUT2D eigenvalue weighted by molar-refractivity contribution is -0.122. The standard InChI is InChI=1S/C12H23NO/c1-4-5-12-6-8-13(9-7-12)10(2)11(3)14/h10,12H,4-9H2,1-3H3. The van der Waals surface area contributed by atoms with E-state index in [0.29, 0.717) is 5.78 Å². The summed E-state index contributed by atoms with van der Waals surface area (Å²) in [6, 6.07) is 0.137. The molecule has 2 heteroatoms. The molecule has 82 valence electrons. The summed E-state index contributed by atoms with van der Waals surface area (Å²) >= 11 is 0. The zero-order chi connectivity index (χ0) is 10.6. The number of ketones is 1. The van der Waals surface area contributed by atoms with Crippen molar-refractivity contribution in [2.45, 2.75) is 52.5 Å². The van der Waals surface area contributed by atoms with Gasteiger partial charge in [0.2, 0.25) is 0 Å². The predicted octanol–water partition coefficient (Wildman–Crippen LogP) is 2.48. The quantitative estimate of drug-likeness (QED) is 0.690. The van der Waals surface area contributed by atoms with Gasteiger partial charge >= 0.3 is 0 Å². The fourth-order valence-corrected chi connectivity index (χ4v) is 2.29. The zero-order valence-electron chi connectivity index (χ0n) is 9.75. The fourth-order valence-electron chi connectivity index (χ4n) is 2.29. The third-order valence-electron chi connectivity index (χ3n) is 3.48. The largest absolute Gasteiger partial charge is 0.298 e. The van der Waals surface area contributed by atoms with E-state index in [-0.39, 0.29) is 6.04 Å². The number of Topliss-reactive ketones (excluding diaryl/α,β-unsaturated/α-hetero) is 1. The van der Waals surface area contributed by atoms with E-state index >= 15 is 0 Å². The van der Waals surface area contributed by atoms with E-state index in [1.165, 1.54) is 25.7 Å². The van der Waals surface area contributed by atoms with Gasteiger partial charge in [0, 0.05) is 0 Å². The molecule has 0 aliphatic carbocycles. The summed E-state index contributed by atoms with van der Waals surface area (Å²) in [5.74, 6) is 1.22. The summed E-state index contributed by atoms with van der Waals surface area (Å²) in [4.78, 5) is 13.5. The molecule has 1 fully saturated rings. The van der Waals surface area contributed by atoms with Crippen LogP contribution in [0.3, 0.4) is 0 Å². The van der Waals surface area contributed by atoms with E-state index in [4.69, 9.17) is 0 Å². The van der Waals surface area contributed by atoms with E-state index in [1.807, 2.05) is 6.92 Å². The van der Waals surface area contributed by atoms with Crippen LogP contribution in [0.5, 0.6) is 0 Å². The Kier molecular flexibility index (Phi) is 4.59. The van der Waals surface area contributed by atoms with Crippen LogP contribution in [0.4, 0.5) is 0 Å². The van der Waals surface area contributed by atoms with Crippen LogP contribution < -0.4 is 0 Å². The zero-order valence-corrected chi connectivity index (χ0v) is 9.75. The number of piperidine rings is 1. The van der Waals surface area contributed by atoms with Crippen LogP contribution in [0.2, 0.25) is 0 Å². The highest BCUT2D eigenvalue weighted by Gasteiger charge is 2.23. The highest BCUT2D eigenvalue weighted by molar-refractivity contribution is 5.80. The Morgan fingerprint density at radius 3 is 2.43 bits per heavy atom. The van der Waals surface area contributed by atoms with Crippen molar-refractivity contribution in [1.82, 2.24) is 4.90 Å². The number of carbonyl (C=O) groups is 1. The molecule has 1 aliphatic heterocycles. The van der Waals surface area contributed by atoms with E-state index < -0.39 is 0 Å². The van der Waals surface area contributed by atoms with Crippen LogP contribution in [-0.4, -0.2) is 29.8 Å². The summed E-state index contributed by atoms with van der Waals surface area (Å²) in [7, 11) is 0. The molecule has 1 atom stereocenters. The first-order valence-electron chi connectivity index (χ1n) is 5.89. The Bertz CT molecular complexity index is 183. The predicted molar refractivity (Wildman–Crippen MR) is 59.3 cm³/mol. The van der Waals surface area contributed by atoms with Crippen molar-refractivity contribution in [1.29, 1.82) is 0 Å². The van der Waals surface area contributed by atoms with Gasteiger partial charge in [-0.1, -0.05) is 19.8 Å². The SMILES string of the molecule is CCCC1CCN(C(C)C(C)=O)CC1. The molecule has 0 aromatic heterocycles. The molecule has 0 bridgehead atoms. The summed E-state index contributed by atoms with van der Waals surface area (Å²) in [6.07, 6.45) is 5.23. The minimum Gasteiger partial charge on any atom is -0.298 e. The molecule has 0 amide bonds. The average Bonchev–Trinajstić information content (AvgIpc) is 2.18. The summed E-state index contributed by atoms with van der Waals surface area (Å²) in [5, 5.41) is 0. The van der Waals surface area contributed by atoms with Gasteiger partial charge in [0.15, 0.2) is 0 Å². The van der Waals surface area contributed by atoms with Crippen LogP contribution in [0.15, 0.2) is 0 Å². The molecule has 1 rings (SSSR count). The summed E-state index contributed by atoms with van der Waals surface area (Å²) in [6.45, 7) is 8.21. The number of hydrogen-bond acceptors (Lipinski definition) is 2. The first-order chi connectivity index (χ1) is 6.65. The summed E-state index contributed by atoms with van der Waals surface area (Å²) in [5.41, 5.74) is 0. The third kappa shape index (κ3) is 3.09. The van der Waals surface area contributed by atoms with Gasteiger partial charge in [0.05, 0.1) is 6.04 Å². The lowest BCUT2D eigenvalue weighted by atomic mass is 9.91. The van der Waals surface area contributed by atoms with E-state index in [9.17, 15) is 4.79 Å². The number of likely N-dealkylation sites (tertiary alicyclic amines) is 1. The Morgan fingerprint density at radius 1 is 1.43 bits per heavy atom. The molecule has 1 saturated heterocycles. The Balaban J connectivity index is 2.31. The molecule has 1 unspecified atom stereocenters. The minimum absolute atomic E-state index is 0.137. The smallest absolute Gasteiger partial charge is 0.146 e. The van der Waals surface area contributed by atoms with Crippen LogP contribution in [0, 0.1) is 5.92 Å². The maximum absolute atomic E-state index is 11.2. The van der Waals surface area contributed by atoms with Crippen molar-refractivity contribution in [2.24, 2.45) is 5.92 Å². The second-order valence-electron chi connectivity index (χ2n) is 4.55. The van der Waals surface area contributed by atoms with Crippen molar-refractivity contribution in [3.63, 3.8) is 0 Å². The molecule has 0 saturated carbocycles. The number of carbonyl (C=O) groups excluding carboxylic acids is 1.